The molecule has 1 atom stereocenters. The lowest BCUT2D eigenvalue weighted by Crippen LogP contribution is -2.28. The van der Waals surface area contributed by atoms with Gasteiger partial charge in [-0.05, 0) is 48.7 Å². The van der Waals surface area contributed by atoms with Gasteiger partial charge in [0.1, 0.15) is 5.75 Å². The van der Waals surface area contributed by atoms with Crippen molar-refractivity contribution in [2.75, 3.05) is 30.5 Å². The number of anilines is 2. The van der Waals surface area contributed by atoms with Crippen LogP contribution in [0.3, 0.4) is 0 Å². The maximum Gasteiger partial charge on any atom is 0.311 e. The number of hydrogen-bond acceptors (Lipinski definition) is 5. The van der Waals surface area contributed by atoms with Crippen LogP contribution in [0, 0.1) is 12.8 Å². The summed E-state index contributed by atoms with van der Waals surface area (Å²) < 4.78 is 10.3. The van der Waals surface area contributed by atoms with Gasteiger partial charge in [-0.15, -0.1) is 0 Å². The molecule has 1 N–H and O–H groups in total. The molecule has 2 aromatic carbocycles. The minimum absolute atomic E-state index is 0.0598. The molecule has 2 aromatic rings. The van der Waals surface area contributed by atoms with E-state index in [4.69, 9.17) is 9.47 Å². The summed E-state index contributed by atoms with van der Waals surface area (Å²) in [5.74, 6) is -1.01. The van der Waals surface area contributed by atoms with E-state index in [9.17, 15) is 14.4 Å². The SMILES string of the molecule is CCc1cccc(C)c1NC(=O)COC(=O)[C@@H]1CC(=O)N(c2ccc(OC)cc2)C1. The summed E-state index contributed by atoms with van der Waals surface area (Å²) in [7, 11) is 1.57. The highest BCUT2D eigenvalue weighted by molar-refractivity contribution is 6.00. The molecule has 3 rings (SSSR count). The Morgan fingerprint density at radius 1 is 1.17 bits per heavy atom. The van der Waals surface area contributed by atoms with Crippen LogP contribution in [0.1, 0.15) is 24.5 Å². The molecule has 1 aliphatic rings. The van der Waals surface area contributed by atoms with Crippen LogP contribution in [-0.2, 0) is 25.5 Å². The van der Waals surface area contributed by atoms with Gasteiger partial charge in [-0.3, -0.25) is 14.4 Å². The monoisotopic (exact) mass is 410 g/mol. The zero-order chi connectivity index (χ0) is 21.7. The second-order valence-corrected chi connectivity index (χ2v) is 7.22. The van der Waals surface area contributed by atoms with Crippen molar-refractivity contribution in [2.24, 2.45) is 5.92 Å². The van der Waals surface area contributed by atoms with Gasteiger partial charge >= 0.3 is 5.97 Å². The van der Waals surface area contributed by atoms with Crippen molar-refractivity contribution in [1.29, 1.82) is 0 Å². The predicted molar refractivity (Wildman–Crippen MR) is 114 cm³/mol. The normalized spacial score (nSPS) is 15.8. The molecule has 1 heterocycles. The summed E-state index contributed by atoms with van der Waals surface area (Å²) in [5, 5.41) is 2.82. The quantitative estimate of drug-likeness (QED) is 0.709. The number of aryl methyl sites for hydroxylation is 2. The average molecular weight is 410 g/mol. The zero-order valence-corrected chi connectivity index (χ0v) is 17.4. The van der Waals surface area contributed by atoms with Crippen LogP contribution in [-0.4, -0.2) is 38.0 Å². The van der Waals surface area contributed by atoms with Crippen LogP contribution >= 0.6 is 0 Å². The van der Waals surface area contributed by atoms with Gasteiger partial charge in [0.25, 0.3) is 5.91 Å². The van der Waals surface area contributed by atoms with Gasteiger partial charge in [0.15, 0.2) is 6.61 Å². The molecule has 1 fully saturated rings. The Hall–Kier alpha value is -3.35. The lowest BCUT2D eigenvalue weighted by molar-refractivity contribution is -0.151. The fraction of sp³-hybridized carbons (Fsp3) is 0.348. The van der Waals surface area contributed by atoms with Crippen molar-refractivity contribution < 1.29 is 23.9 Å². The number of hydrogen-bond donors (Lipinski definition) is 1. The number of nitrogens with zero attached hydrogens (tertiary/aromatic N) is 1. The summed E-state index contributed by atoms with van der Waals surface area (Å²) in [6.07, 6.45) is 0.840. The van der Waals surface area contributed by atoms with Crippen LogP contribution in [0.2, 0.25) is 0 Å². The van der Waals surface area contributed by atoms with E-state index < -0.39 is 17.8 Å². The van der Waals surface area contributed by atoms with Gasteiger partial charge in [0, 0.05) is 24.3 Å². The summed E-state index contributed by atoms with van der Waals surface area (Å²) in [5.41, 5.74) is 3.42. The number of benzene rings is 2. The van der Waals surface area contributed by atoms with E-state index in [1.165, 1.54) is 0 Å². The van der Waals surface area contributed by atoms with E-state index >= 15 is 0 Å². The Morgan fingerprint density at radius 2 is 1.90 bits per heavy atom. The van der Waals surface area contributed by atoms with Crippen molar-refractivity contribution >= 4 is 29.2 Å². The first-order valence-corrected chi connectivity index (χ1v) is 9.92. The Balaban J connectivity index is 1.55. The maximum atomic E-state index is 12.4. The van der Waals surface area contributed by atoms with Gasteiger partial charge in [-0.25, -0.2) is 0 Å². The zero-order valence-electron chi connectivity index (χ0n) is 17.4. The van der Waals surface area contributed by atoms with Crippen LogP contribution in [0.25, 0.3) is 0 Å². The number of esters is 1. The van der Waals surface area contributed by atoms with Crippen LogP contribution in [0.15, 0.2) is 42.5 Å². The third-order valence-electron chi connectivity index (χ3n) is 5.19. The van der Waals surface area contributed by atoms with Gasteiger partial charge < -0.3 is 19.7 Å². The van der Waals surface area contributed by atoms with E-state index in [0.717, 1.165) is 23.2 Å². The highest BCUT2D eigenvalue weighted by Gasteiger charge is 2.36. The number of nitrogens with one attached hydrogen (secondary N) is 1. The fourth-order valence-corrected chi connectivity index (χ4v) is 3.51. The Kier molecular flexibility index (Phi) is 6.72. The van der Waals surface area contributed by atoms with Crippen molar-refractivity contribution in [2.45, 2.75) is 26.7 Å². The summed E-state index contributed by atoms with van der Waals surface area (Å²) in [6, 6.07) is 12.9. The van der Waals surface area contributed by atoms with E-state index in [1.54, 1.807) is 36.3 Å². The number of ether oxygens (including phenoxy) is 2. The van der Waals surface area contributed by atoms with E-state index in [-0.39, 0.29) is 25.5 Å². The molecule has 158 valence electrons. The molecule has 0 bridgehead atoms. The molecule has 0 spiro atoms. The van der Waals surface area contributed by atoms with E-state index in [2.05, 4.69) is 5.32 Å². The molecule has 0 aliphatic carbocycles. The fourth-order valence-electron chi connectivity index (χ4n) is 3.51. The van der Waals surface area contributed by atoms with Crippen molar-refractivity contribution in [3.63, 3.8) is 0 Å². The van der Waals surface area contributed by atoms with Gasteiger partial charge in [0.05, 0.1) is 13.0 Å². The number of carbonyl (C=O) groups excluding carboxylic acids is 3. The molecule has 2 amide bonds. The molecular formula is C23H26N2O5. The first-order chi connectivity index (χ1) is 14.4. The summed E-state index contributed by atoms with van der Waals surface area (Å²) in [6.45, 7) is 3.77. The highest BCUT2D eigenvalue weighted by Crippen LogP contribution is 2.27. The predicted octanol–water partition coefficient (Wildman–Crippen LogP) is 3.10. The van der Waals surface area contributed by atoms with Gasteiger partial charge in [0.2, 0.25) is 5.91 Å². The van der Waals surface area contributed by atoms with Crippen molar-refractivity contribution in [1.82, 2.24) is 0 Å². The minimum Gasteiger partial charge on any atom is -0.497 e. The molecular weight excluding hydrogens is 384 g/mol. The van der Waals surface area contributed by atoms with Crippen LogP contribution < -0.4 is 15.0 Å². The van der Waals surface area contributed by atoms with E-state index in [1.807, 2.05) is 32.0 Å². The molecule has 0 unspecified atom stereocenters. The van der Waals surface area contributed by atoms with E-state index in [0.29, 0.717) is 11.4 Å². The minimum atomic E-state index is -0.600. The topological polar surface area (TPSA) is 84.9 Å². The number of para-hydroxylation sites is 1. The largest absolute Gasteiger partial charge is 0.497 e. The molecule has 1 aliphatic heterocycles. The number of rotatable bonds is 7. The first-order valence-electron chi connectivity index (χ1n) is 9.92. The standard InChI is InChI=1S/C23H26N2O5/c1-4-16-7-5-6-15(2)22(16)24-20(26)14-30-23(28)17-12-21(27)25(13-17)18-8-10-19(29-3)11-9-18/h5-11,17H,4,12-14H2,1-3H3,(H,24,26)/t17-/m1/s1. The van der Waals surface area contributed by atoms with Gasteiger partial charge in [-0.2, -0.15) is 0 Å². The van der Waals surface area contributed by atoms with Crippen molar-refractivity contribution in [3.8, 4) is 5.75 Å². The molecule has 0 saturated carbocycles. The molecule has 0 aromatic heterocycles. The average Bonchev–Trinajstić information content (AvgIpc) is 3.15. The third-order valence-corrected chi connectivity index (χ3v) is 5.19. The highest BCUT2D eigenvalue weighted by atomic mass is 16.5. The van der Waals surface area contributed by atoms with Crippen LogP contribution in [0.5, 0.6) is 5.75 Å². The second-order valence-electron chi connectivity index (χ2n) is 7.22. The lowest BCUT2D eigenvalue weighted by atomic mass is 10.1. The smallest absolute Gasteiger partial charge is 0.311 e. The third kappa shape index (κ3) is 4.79. The Labute approximate surface area is 176 Å². The first kappa shape index (κ1) is 21.4. The Morgan fingerprint density at radius 3 is 2.57 bits per heavy atom. The second kappa shape index (κ2) is 9.43. The molecule has 1 saturated heterocycles. The summed E-state index contributed by atoms with van der Waals surface area (Å²) >= 11 is 0. The number of amides is 2. The summed E-state index contributed by atoms with van der Waals surface area (Å²) in [4.78, 5) is 38.6. The molecule has 7 nitrogen and oxygen atoms in total. The van der Waals surface area contributed by atoms with Crippen molar-refractivity contribution in [3.05, 3.63) is 53.6 Å². The maximum absolute atomic E-state index is 12.4. The molecule has 7 heteroatoms. The Bertz CT molecular complexity index is 939. The lowest BCUT2D eigenvalue weighted by Gasteiger charge is -2.17. The van der Waals surface area contributed by atoms with Crippen LogP contribution in [0.4, 0.5) is 11.4 Å². The van der Waals surface area contributed by atoms with Gasteiger partial charge in [-0.1, -0.05) is 25.1 Å². The molecule has 30 heavy (non-hydrogen) atoms. The molecule has 0 radical (unpaired) electrons. The number of carbonyl (C=O) groups is 3. The number of methoxy groups -OCH3 is 1.